The molecule has 0 saturated heterocycles. The van der Waals surface area contributed by atoms with Gasteiger partial charge in [0.1, 0.15) is 16.5 Å². The largest absolute Gasteiger partial charge is 0.495 e. The fourth-order valence-corrected chi connectivity index (χ4v) is 6.83. The lowest BCUT2D eigenvalue weighted by Crippen LogP contribution is -2.46. The number of fused-ring (bicyclic) bond motifs is 1. The van der Waals surface area contributed by atoms with Crippen LogP contribution in [0.5, 0.6) is 5.75 Å². The number of anilines is 1. The molecule has 2 aromatic rings. The van der Waals surface area contributed by atoms with Crippen molar-refractivity contribution in [3.05, 3.63) is 47.5 Å². The molecular weight excluding hydrogens is 574 g/mol. The highest BCUT2D eigenvalue weighted by atomic mass is 35.5. The average molecular weight is 620 g/mol. The third-order valence-electron chi connectivity index (χ3n) is 7.42. The molecule has 1 atom stereocenters. The summed E-state index contributed by atoms with van der Waals surface area (Å²) in [7, 11) is -2.40. The smallest absolute Gasteiger partial charge is 0.267 e. The summed E-state index contributed by atoms with van der Waals surface area (Å²) in [5.41, 5.74) is 0.717. The van der Waals surface area contributed by atoms with Gasteiger partial charge < -0.3 is 14.8 Å². The van der Waals surface area contributed by atoms with Crippen LogP contribution in [0.15, 0.2) is 52.4 Å². The van der Waals surface area contributed by atoms with Crippen molar-refractivity contribution >= 4 is 44.7 Å². The van der Waals surface area contributed by atoms with Gasteiger partial charge in [-0.3, -0.25) is 9.10 Å². The predicted octanol–water partition coefficient (Wildman–Crippen LogP) is 7.99. The Morgan fingerprint density at radius 3 is 2.29 bits per heavy atom. The van der Waals surface area contributed by atoms with Crippen LogP contribution in [0, 0.1) is 5.92 Å². The van der Waals surface area contributed by atoms with E-state index in [1.54, 1.807) is 49.4 Å². The first-order valence-corrected chi connectivity index (χ1v) is 17.0. The first kappa shape index (κ1) is 33.9. The number of carbonyl (C=O) groups is 1. The number of methoxy groups -OCH3 is 1. The number of hydrogen-bond donors (Lipinski definition) is 1. The molecule has 42 heavy (non-hydrogen) atoms. The molecule has 1 unspecified atom stereocenters. The second kappa shape index (κ2) is 17.5. The number of aliphatic imine (C=N–C) groups is 1. The van der Waals surface area contributed by atoms with Crippen LogP contribution in [0.2, 0.25) is 5.02 Å². The van der Waals surface area contributed by atoms with Crippen LogP contribution in [0.3, 0.4) is 0 Å². The highest BCUT2D eigenvalue weighted by Crippen LogP contribution is 2.35. The van der Waals surface area contributed by atoms with Gasteiger partial charge in [0.2, 0.25) is 5.91 Å². The van der Waals surface area contributed by atoms with E-state index in [0.29, 0.717) is 41.8 Å². The third kappa shape index (κ3) is 9.71. The zero-order valence-electron chi connectivity index (χ0n) is 25.2. The van der Waals surface area contributed by atoms with Gasteiger partial charge in [0.15, 0.2) is 0 Å². The molecule has 1 aliphatic rings. The molecule has 1 N–H and O–H groups in total. The van der Waals surface area contributed by atoms with Gasteiger partial charge in [-0.1, -0.05) is 88.4 Å². The van der Waals surface area contributed by atoms with E-state index in [-0.39, 0.29) is 17.3 Å². The summed E-state index contributed by atoms with van der Waals surface area (Å²) >= 11 is 6.12. The van der Waals surface area contributed by atoms with Gasteiger partial charge in [-0.15, -0.1) is 0 Å². The molecule has 3 rings (SSSR count). The molecule has 10 heteroatoms. The average Bonchev–Trinajstić information content (AvgIpc) is 2.97. The van der Waals surface area contributed by atoms with Gasteiger partial charge >= 0.3 is 0 Å². The summed E-state index contributed by atoms with van der Waals surface area (Å²) in [6.45, 7) is 5.13. The van der Waals surface area contributed by atoms with E-state index >= 15 is 0 Å². The molecule has 1 heterocycles. The summed E-state index contributed by atoms with van der Waals surface area (Å²) in [6.07, 6.45) is 13.1. The Kier molecular flexibility index (Phi) is 14.1. The molecule has 0 spiro atoms. The Bertz CT molecular complexity index is 1280. The number of amides is 1. The fourth-order valence-electron chi connectivity index (χ4n) is 4.98. The Morgan fingerprint density at radius 2 is 1.60 bits per heavy atom. The first-order chi connectivity index (χ1) is 20.3. The van der Waals surface area contributed by atoms with Crippen LogP contribution in [0.4, 0.5) is 11.4 Å². The normalized spacial score (nSPS) is 14.7. The van der Waals surface area contributed by atoms with E-state index in [0.717, 1.165) is 12.8 Å². The van der Waals surface area contributed by atoms with E-state index in [1.165, 1.54) is 62.8 Å². The van der Waals surface area contributed by atoms with E-state index in [4.69, 9.17) is 21.1 Å². The summed E-state index contributed by atoms with van der Waals surface area (Å²) < 4.78 is 39.7. The van der Waals surface area contributed by atoms with E-state index in [2.05, 4.69) is 17.2 Å². The minimum absolute atomic E-state index is 0.129. The topological polar surface area (TPSA) is 97.3 Å². The van der Waals surface area contributed by atoms with Gasteiger partial charge in [0, 0.05) is 24.8 Å². The molecule has 0 radical (unpaired) electrons. The number of rotatable bonds is 19. The van der Waals surface area contributed by atoms with Crippen LogP contribution in [0.25, 0.3) is 0 Å². The number of ether oxygens (including phenoxy) is 2. The number of carbonyl (C=O) groups excluding carboxylic acids is 1. The molecule has 0 saturated carbocycles. The number of sulfonamides is 1. The minimum atomic E-state index is -3.90. The van der Waals surface area contributed by atoms with E-state index < -0.39 is 21.8 Å². The van der Waals surface area contributed by atoms with Gasteiger partial charge in [0.05, 0.1) is 24.4 Å². The number of halogens is 1. The lowest BCUT2D eigenvalue weighted by molar-refractivity contribution is -0.117. The monoisotopic (exact) mass is 619 g/mol. The zero-order valence-corrected chi connectivity index (χ0v) is 26.8. The van der Waals surface area contributed by atoms with Crippen molar-refractivity contribution in [1.82, 2.24) is 4.31 Å². The SMILES string of the molecule is CCCCCCCCCCCCOCCCN1C(C(C)C(=O)Nc2cc(Cl)ccc2OC)=Nc2ccccc2S1(=O)=O. The van der Waals surface area contributed by atoms with Crippen molar-refractivity contribution in [2.75, 3.05) is 32.2 Å². The van der Waals surface area contributed by atoms with Gasteiger partial charge in [-0.25, -0.2) is 13.4 Å². The number of nitrogens with zero attached hydrogens (tertiary/aromatic N) is 2. The van der Waals surface area contributed by atoms with Crippen molar-refractivity contribution in [3.63, 3.8) is 0 Å². The molecule has 0 bridgehead atoms. The standard InChI is InChI=1S/C32H46ClN3O5S/c1-4-5-6-7-8-9-10-11-12-15-22-41-23-16-21-36-31(34-27-17-13-14-18-30(27)42(36,38)39)25(2)32(37)35-28-24-26(33)19-20-29(28)40-3/h13-14,17-20,24-25H,4-12,15-16,21-23H2,1-3H3,(H,35,37). The van der Waals surface area contributed by atoms with E-state index in [1.807, 2.05) is 0 Å². The van der Waals surface area contributed by atoms with Crippen molar-refractivity contribution in [1.29, 1.82) is 0 Å². The zero-order chi connectivity index (χ0) is 30.4. The van der Waals surface area contributed by atoms with Crippen LogP contribution >= 0.6 is 11.6 Å². The Balaban J connectivity index is 1.54. The van der Waals surface area contributed by atoms with Gasteiger partial charge in [-0.2, -0.15) is 0 Å². The lowest BCUT2D eigenvalue weighted by Gasteiger charge is -2.32. The van der Waals surface area contributed by atoms with Gasteiger partial charge in [-0.05, 0) is 50.1 Å². The summed E-state index contributed by atoms with van der Waals surface area (Å²) in [5.74, 6) is -0.683. The Labute approximate surface area is 256 Å². The van der Waals surface area contributed by atoms with Crippen LogP contribution in [-0.4, -0.2) is 51.3 Å². The minimum Gasteiger partial charge on any atom is -0.495 e. The van der Waals surface area contributed by atoms with Crippen LogP contribution in [0.1, 0.15) is 84.5 Å². The molecule has 1 amide bonds. The van der Waals surface area contributed by atoms with Crippen LogP contribution < -0.4 is 10.1 Å². The Hall–Kier alpha value is -2.62. The number of hydrogen-bond acceptors (Lipinski definition) is 6. The molecule has 0 aliphatic carbocycles. The molecule has 0 aromatic heterocycles. The summed E-state index contributed by atoms with van der Waals surface area (Å²) in [6, 6.07) is 11.5. The second-order valence-corrected chi connectivity index (χ2v) is 13.0. The van der Waals surface area contributed by atoms with Crippen molar-refractivity contribution in [2.24, 2.45) is 10.9 Å². The number of nitrogens with one attached hydrogen (secondary N) is 1. The number of unbranched alkanes of at least 4 members (excludes halogenated alkanes) is 9. The Morgan fingerprint density at radius 1 is 0.952 bits per heavy atom. The summed E-state index contributed by atoms with van der Waals surface area (Å²) in [5, 5.41) is 3.25. The second-order valence-electron chi connectivity index (χ2n) is 10.7. The number of benzene rings is 2. The molecule has 8 nitrogen and oxygen atoms in total. The van der Waals surface area contributed by atoms with Gasteiger partial charge in [0.25, 0.3) is 10.0 Å². The van der Waals surface area contributed by atoms with Crippen molar-refractivity contribution < 1.29 is 22.7 Å². The fraction of sp³-hybridized carbons (Fsp3) is 0.562. The molecule has 1 aliphatic heterocycles. The lowest BCUT2D eigenvalue weighted by atomic mass is 10.1. The van der Waals surface area contributed by atoms with Crippen molar-refractivity contribution in [3.8, 4) is 5.75 Å². The highest BCUT2D eigenvalue weighted by molar-refractivity contribution is 7.90. The highest BCUT2D eigenvalue weighted by Gasteiger charge is 2.38. The maximum absolute atomic E-state index is 13.6. The third-order valence-corrected chi connectivity index (χ3v) is 9.50. The quantitative estimate of drug-likeness (QED) is 0.161. The van der Waals surface area contributed by atoms with E-state index in [9.17, 15) is 13.2 Å². The van der Waals surface area contributed by atoms with Crippen LogP contribution in [-0.2, 0) is 19.6 Å². The molecule has 232 valence electrons. The maximum Gasteiger partial charge on any atom is 0.267 e. The molecule has 2 aromatic carbocycles. The van der Waals surface area contributed by atoms with Crippen molar-refractivity contribution in [2.45, 2.75) is 89.4 Å². The number of amidine groups is 1. The predicted molar refractivity (Wildman–Crippen MR) is 171 cm³/mol. The summed E-state index contributed by atoms with van der Waals surface area (Å²) in [4.78, 5) is 18.1. The number of para-hydroxylation sites is 1. The molecule has 0 fully saturated rings. The first-order valence-electron chi connectivity index (χ1n) is 15.2. The maximum atomic E-state index is 13.6. The molecular formula is C32H46ClN3O5S.